The molecule has 0 bridgehead atoms. The highest BCUT2D eigenvalue weighted by Crippen LogP contribution is 2.19. The summed E-state index contributed by atoms with van der Waals surface area (Å²) in [5.41, 5.74) is 0.550. The Morgan fingerprint density at radius 2 is 1.82 bits per heavy atom. The summed E-state index contributed by atoms with van der Waals surface area (Å²) in [4.78, 5) is 11.7. The van der Waals surface area contributed by atoms with Gasteiger partial charge in [-0.3, -0.25) is 4.79 Å². The number of alkyl halides is 1. The van der Waals surface area contributed by atoms with Gasteiger partial charge in [0.2, 0.25) is 0 Å². The van der Waals surface area contributed by atoms with Gasteiger partial charge in [-0.05, 0) is 51.5 Å². The van der Waals surface area contributed by atoms with Gasteiger partial charge < -0.3 is 4.74 Å². The lowest BCUT2D eigenvalue weighted by atomic mass is 10.1. The average molecular weight is 299 g/mol. The first-order valence-corrected chi connectivity index (χ1v) is 6.93. The van der Waals surface area contributed by atoms with Gasteiger partial charge in [0, 0.05) is 17.3 Å². The maximum absolute atomic E-state index is 11.7. The van der Waals surface area contributed by atoms with Gasteiger partial charge >= 0.3 is 0 Å². The molecule has 0 unspecified atom stereocenters. The molecule has 0 fully saturated rings. The van der Waals surface area contributed by atoms with Crippen LogP contribution in [0.25, 0.3) is 0 Å². The topological polar surface area (TPSA) is 26.3 Å². The Kier molecular flexibility index (Phi) is 5.19. The molecule has 0 atom stereocenters. The van der Waals surface area contributed by atoms with Crippen LogP contribution in [-0.4, -0.2) is 16.7 Å². The Balaban J connectivity index is 2.64. The molecule has 0 amide bonds. The van der Waals surface area contributed by atoms with Crippen molar-refractivity contribution in [3.8, 4) is 5.75 Å². The number of halogens is 1. The number of Topliss-reactive ketones (excluding diaryl/α,β-unsaturated/α-hetero) is 1. The summed E-state index contributed by atoms with van der Waals surface area (Å²) in [5.74, 6) is 0.987. The molecule has 0 heterocycles. The number of carbonyl (C=O) groups is 1. The summed E-state index contributed by atoms with van der Waals surface area (Å²) in [7, 11) is 0. The van der Waals surface area contributed by atoms with Crippen molar-refractivity contribution in [2.45, 2.75) is 39.2 Å². The minimum absolute atomic E-state index is 0.187. The fraction of sp³-hybridized carbons (Fsp3) is 0.500. The summed E-state index contributed by atoms with van der Waals surface area (Å²) in [6.07, 6.45) is 1.46. The molecular formula is C14H19BrO2. The van der Waals surface area contributed by atoms with Crippen LogP contribution in [0.4, 0.5) is 0 Å². The normalized spacial score (nSPS) is 11.3. The van der Waals surface area contributed by atoms with Crippen LogP contribution in [0, 0.1) is 0 Å². The van der Waals surface area contributed by atoms with E-state index in [0.717, 1.165) is 23.1 Å². The molecular weight excluding hydrogens is 280 g/mol. The third-order valence-corrected chi connectivity index (χ3v) is 2.70. The van der Waals surface area contributed by atoms with E-state index in [1.165, 1.54) is 0 Å². The summed E-state index contributed by atoms with van der Waals surface area (Å²) in [6, 6.07) is 7.37. The summed E-state index contributed by atoms with van der Waals surface area (Å²) >= 11 is 3.32. The number of hydrogen-bond donors (Lipinski definition) is 0. The summed E-state index contributed by atoms with van der Waals surface area (Å²) < 4.78 is 5.70. The molecule has 1 aromatic carbocycles. The Hall–Kier alpha value is -0.830. The Bertz CT molecular complexity index is 363. The molecule has 94 valence electrons. The predicted octanol–water partition coefficient (Wildman–Crippen LogP) is 4.22. The number of carbonyl (C=O) groups excluding carboxylic acids is 1. The van der Waals surface area contributed by atoms with Gasteiger partial charge in [0.05, 0.1) is 0 Å². The lowest BCUT2D eigenvalue weighted by molar-refractivity contribution is 0.0982. The second kappa shape index (κ2) is 6.20. The highest BCUT2D eigenvalue weighted by Gasteiger charge is 2.12. The number of ether oxygens (including phenoxy) is 1. The zero-order valence-corrected chi connectivity index (χ0v) is 12.2. The van der Waals surface area contributed by atoms with E-state index in [2.05, 4.69) is 15.9 Å². The summed E-state index contributed by atoms with van der Waals surface area (Å²) in [6.45, 7) is 6.01. The van der Waals surface area contributed by atoms with Crippen molar-refractivity contribution < 1.29 is 9.53 Å². The van der Waals surface area contributed by atoms with E-state index >= 15 is 0 Å². The van der Waals surface area contributed by atoms with Crippen LogP contribution < -0.4 is 4.74 Å². The van der Waals surface area contributed by atoms with E-state index in [-0.39, 0.29) is 11.4 Å². The Morgan fingerprint density at radius 3 is 2.29 bits per heavy atom. The van der Waals surface area contributed by atoms with Gasteiger partial charge in [0.25, 0.3) is 0 Å². The molecule has 0 aliphatic carbocycles. The van der Waals surface area contributed by atoms with E-state index in [9.17, 15) is 4.79 Å². The van der Waals surface area contributed by atoms with Gasteiger partial charge in [-0.1, -0.05) is 15.9 Å². The minimum Gasteiger partial charge on any atom is -0.488 e. The Labute approximate surface area is 111 Å². The first kappa shape index (κ1) is 14.2. The molecule has 3 heteroatoms. The van der Waals surface area contributed by atoms with E-state index in [1.807, 2.05) is 45.0 Å². The van der Waals surface area contributed by atoms with Gasteiger partial charge in [0.15, 0.2) is 5.78 Å². The fourth-order valence-electron chi connectivity index (χ4n) is 1.43. The van der Waals surface area contributed by atoms with Crippen molar-refractivity contribution >= 4 is 21.7 Å². The highest BCUT2D eigenvalue weighted by atomic mass is 79.9. The van der Waals surface area contributed by atoms with Crippen LogP contribution in [0.1, 0.15) is 44.0 Å². The van der Waals surface area contributed by atoms with Crippen molar-refractivity contribution in [2.24, 2.45) is 0 Å². The van der Waals surface area contributed by atoms with Gasteiger partial charge in [-0.15, -0.1) is 0 Å². The zero-order chi connectivity index (χ0) is 12.9. The number of rotatable bonds is 5. The lowest BCUT2D eigenvalue weighted by Gasteiger charge is -2.21. The molecule has 1 rings (SSSR count). The van der Waals surface area contributed by atoms with Gasteiger partial charge in [-0.25, -0.2) is 0 Å². The van der Waals surface area contributed by atoms with Crippen molar-refractivity contribution in [3.63, 3.8) is 0 Å². The van der Waals surface area contributed by atoms with Crippen molar-refractivity contribution in [2.75, 3.05) is 5.33 Å². The maximum atomic E-state index is 11.7. The van der Waals surface area contributed by atoms with Crippen LogP contribution in [0.5, 0.6) is 5.75 Å². The molecule has 17 heavy (non-hydrogen) atoms. The SMILES string of the molecule is CC(C)(C)Oc1ccc(C(=O)CCCBr)cc1. The molecule has 0 aromatic heterocycles. The largest absolute Gasteiger partial charge is 0.488 e. The zero-order valence-electron chi connectivity index (χ0n) is 10.6. The van der Waals surface area contributed by atoms with Crippen LogP contribution in [0.2, 0.25) is 0 Å². The minimum atomic E-state index is -0.207. The Morgan fingerprint density at radius 1 is 1.24 bits per heavy atom. The lowest BCUT2D eigenvalue weighted by Crippen LogP contribution is -2.22. The van der Waals surface area contributed by atoms with Gasteiger partial charge in [0.1, 0.15) is 11.4 Å². The first-order valence-electron chi connectivity index (χ1n) is 5.80. The van der Waals surface area contributed by atoms with Crippen LogP contribution in [0.15, 0.2) is 24.3 Å². The van der Waals surface area contributed by atoms with E-state index in [4.69, 9.17) is 4.74 Å². The van der Waals surface area contributed by atoms with Crippen LogP contribution in [-0.2, 0) is 0 Å². The van der Waals surface area contributed by atoms with Crippen LogP contribution in [0.3, 0.4) is 0 Å². The standard InChI is InChI=1S/C14H19BrO2/c1-14(2,3)17-12-8-6-11(7-9-12)13(16)5-4-10-15/h6-9H,4-5,10H2,1-3H3. The smallest absolute Gasteiger partial charge is 0.162 e. The number of ketones is 1. The molecule has 0 saturated carbocycles. The molecule has 2 nitrogen and oxygen atoms in total. The molecule has 0 spiro atoms. The maximum Gasteiger partial charge on any atom is 0.162 e. The molecule has 0 radical (unpaired) electrons. The van der Waals surface area contributed by atoms with E-state index in [1.54, 1.807) is 0 Å². The molecule has 0 saturated heterocycles. The average Bonchev–Trinajstić information content (AvgIpc) is 2.24. The summed E-state index contributed by atoms with van der Waals surface area (Å²) in [5, 5.41) is 0.865. The fourth-order valence-corrected chi connectivity index (χ4v) is 1.71. The second-order valence-electron chi connectivity index (χ2n) is 4.95. The van der Waals surface area contributed by atoms with Crippen LogP contribution >= 0.6 is 15.9 Å². The third-order valence-electron chi connectivity index (χ3n) is 2.14. The second-order valence-corrected chi connectivity index (χ2v) is 5.75. The van der Waals surface area contributed by atoms with Crippen molar-refractivity contribution in [1.29, 1.82) is 0 Å². The first-order chi connectivity index (χ1) is 7.92. The van der Waals surface area contributed by atoms with Gasteiger partial charge in [-0.2, -0.15) is 0 Å². The van der Waals surface area contributed by atoms with E-state index in [0.29, 0.717) is 6.42 Å². The molecule has 0 N–H and O–H groups in total. The molecule has 0 aliphatic heterocycles. The highest BCUT2D eigenvalue weighted by molar-refractivity contribution is 9.09. The number of hydrogen-bond acceptors (Lipinski definition) is 2. The quantitative estimate of drug-likeness (QED) is 0.601. The van der Waals surface area contributed by atoms with Crippen molar-refractivity contribution in [3.05, 3.63) is 29.8 Å². The molecule has 0 aliphatic rings. The third kappa shape index (κ3) is 5.35. The monoisotopic (exact) mass is 298 g/mol. The van der Waals surface area contributed by atoms with Crippen molar-refractivity contribution in [1.82, 2.24) is 0 Å². The molecule has 1 aromatic rings. The number of benzene rings is 1. The predicted molar refractivity (Wildman–Crippen MR) is 74.2 cm³/mol. The van der Waals surface area contributed by atoms with E-state index < -0.39 is 0 Å².